The Bertz CT molecular complexity index is 932. The number of benzene rings is 1. The summed E-state index contributed by atoms with van der Waals surface area (Å²) >= 11 is 0. The predicted molar refractivity (Wildman–Crippen MR) is 106 cm³/mol. The van der Waals surface area contributed by atoms with Crippen molar-refractivity contribution in [1.29, 1.82) is 0 Å². The SMILES string of the molecule is COc1ccc([C@H](NC(=O)CCCNC(=O)c2ccco2)c2nccn2C)cc1. The van der Waals surface area contributed by atoms with Gasteiger partial charge in [-0.25, -0.2) is 4.98 Å². The Labute approximate surface area is 168 Å². The Kier molecular flexibility index (Phi) is 6.67. The number of rotatable bonds is 9. The molecule has 0 saturated carbocycles. The van der Waals surface area contributed by atoms with Crippen LogP contribution in [-0.4, -0.2) is 35.0 Å². The molecule has 152 valence electrons. The van der Waals surface area contributed by atoms with Gasteiger partial charge in [0.15, 0.2) is 5.76 Å². The van der Waals surface area contributed by atoms with E-state index in [1.165, 1.54) is 6.26 Å². The molecule has 29 heavy (non-hydrogen) atoms. The van der Waals surface area contributed by atoms with Gasteiger partial charge in [0.2, 0.25) is 5.91 Å². The zero-order valence-electron chi connectivity index (χ0n) is 16.4. The first kappa shape index (κ1) is 20.2. The van der Waals surface area contributed by atoms with E-state index in [1.54, 1.807) is 25.4 Å². The first-order valence-corrected chi connectivity index (χ1v) is 9.30. The van der Waals surface area contributed by atoms with Gasteiger partial charge < -0.3 is 24.4 Å². The molecule has 3 rings (SSSR count). The second-order valence-electron chi connectivity index (χ2n) is 6.51. The van der Waals surface area contributed by atoms with Gasteiger partial charge >= 0.3 is 0 Å². The zero-order valence-corrected chi connectivity index (χ0v) is 16.4. The van der Waals surface area contributed by atoms with Crippen LogP contribution in [0.3, 0.4) is 0 Å². The van der Waals surface area contributed by atoms with E-state index in [0.29, 0.717) is 13.0 Å². The van der Waals surface area contributed by atoms with Crippen LogP contribution in [0.4, 0.5) is 0 Å². The molecule has 0 radical (unpaired) electrons. The van der Waals surface area contributed by atoms with Crippen LogP contribution in [0.15, 0.2) is 59.5 Å². The van der Waals surface area contributed by atoms with Crippen molar-refractivity contribution in [2.45, 2.75) is 18.9 Å². The molecule has 0 aliphatic carbocycles. The van der Waals surface area contributed by atoms with Crippen molar-refractivity contribution < 1.29 is 18.7 Å². The summed E-state index contributed by atoms with van der Waals surface area (Å²) in [5.41, 5.74) is 0.902. The number of hydrogen-bond acceptors (Lipinski definition) is 5. The van der Waals surface area contributed by atoms with Gasteiger partial charge in [-0.3, -0.25) is 9.59 Å². The largest absolute Gasteiger partial charge is 0.497 e. The van der Waals surface area contributed by atoms with Gasteiger partial charge in [-0.2, -0.15) is 0 Å². The molecule has 8 heteroatoms. The molecule has 3 aromatic rings. The van der Waals surface area contributed by atoms with E-state index in [2.05, 4.69) is 15.6 Å². The molecule has 2 heterocycles. The first-order chi connectivity index (χ1) is 14.1. The lowest BCUT2D eigenvalue weighted by Gasteiger charge is -2.19. The van der Waals surface area contributed by atoms with E-state index in [4.69, 9.17) is 9.15 Å². The molecule has 2 N–H and O–H groups in total. The van der Waals surface area contributed by atoms with Crippen LogP contribution in [0.1, 0.15) is 40.8 Å². The highest BCUT2D eigenvalue weighted by atomic mass is 16.5. The van der Waals surface area contributed by atoms with Crippen molar-refractivity contribution in [2.75, 3.05) is 13.7 Å². The summed E-state index contributed by atoms with van der Waals surface area (Å²) in [6.45, 7) is 0.378. The molecule has 1 aromatic carbocycles. The summed E-state index contributed by atoms with van der Waals surface area (Å²) in [6, 6.07) is 10.4. The zero-order chi connectivity index (χ0) is 20.6. The minimum Gasteiger partial charge on any atom is -0.497 e. The number of nitrogens with one attached hydrogen (secondary N) is 2. The summed E-state index contributed by atoms with van der Waals surface area (Å²) < 4.78 is 12.1. The monoisotopic (exact) mass is 396 g/mol. The summed E-state index contributed by atoms with van der Waals surface area (Å²) in [4.78, 5) is 28.7. The molecule has 2 amide bonds. The molecule has 0 aliphatic heterocycles. The van der Waals surface area contributed by atoms with E-state index < -0.39 is 0 Å². The normalized spacial score (nSPS) is 11.7. The van der Waals surface area contributed by atoms with Crippen molar-refractivity contribution in [3.05, 3.63) is 72.2 Å². The van der Waals surface area contributed by atoms with Crippen LogP contribution in [0, 0.1) is 0 Å². The highest BCUT2D eigenvalue weighted by Crippen LogP contribution is 2.23. The molecule has 0 unspecified atom stereocenters. The molecule has 0 fully saturated rings. The first-order valence-electron chi connectivity index (χ1n) is 9.30. The fourth-order valence-electron chi connectivity index (χ4n) is 2.93. The second kappa shape index (κ2) is 9.59. The number of aromatic nitrogens is 2. The molecule has 0 bridgehead atoms. The number of carbonyl (C=O) groups excluding carboxylic acids is 2. The summed E-state index contributed by atoms with van der Waals surface area (Å²) in [5, 5.41) is 5.77. The highest BCUT2D eigenvalue weighted by molar-refractivity contribution is 5.91. The van der Waals surface area contributed by atoms with Crippen LogP contribution in [0.25, 0.3) is 0 Å². The molecule has 0 spiro atoms. The minimum absolute atomic E-state index is 0.124. The van der Waals surface area contributed by atoms with Gasteiger partial charge in [0.1, 0.15) is 17.6 Å². The number of carbonyl (C=O) groups is 2. The lowest BCUT2D eigenvalue weighted by Crippen LogP contribution is -2.32. The van der Waals surface area contributed by atoms with Crippen molar-refractivity contribution in [2.24, 2.45) is 7.05 Å². The van der Waals surface area contributed by atoms with Gasteiger partial charge in [-0.15, -0.1) is 0 Å². The Hall–Kier alpha value is -3.55. The molecule has 0 aliphatic rings. The number of nitrogens with zero attached hydrogens (tertiary/aromatic N) is 2. The van der Waals surface area contributed by atoms with Gasteiger partial charge in [-0.05, 0) is 36.2 Å². The maximum Gasteiger partial charge on any atom is 0.286 e. The van der Waals surface area contributed by atoms with Crippen LogP contribution in [-0.2, 0) is 11.8 Å². The van der Waals surface area contributed by atoms with Gasteiger partial charge in [0, 0.05) is 32.4 Å². The van der Waals surface area contributed by atoms with E-state index in [9.17, 15) is 9.59 Å². The van der Waals surface area contributed by atoms with Gasteiger partial charge in [-0.1, -0.05) is 12.1 Å². The number of ether oxygens (including phenoxy) is 1. The third-order valence-electron chi connectivity index (χ3n) is 4.48. The molecular weight excluding hydrogens is 372 g/mol. The average molecular weight is 396 g/mol. The van der Waals surface area contributed by atoms with E-state index in [-0.39, 0.29) is 30.0 Å². The lowest BCUT2D eigenvalue weighted by atomic mass is 10.1. The lowest BCUT2D eigenvalue weighted by molar-refractivity contribution is -0.121. The van der Waals surface area contributed by atoms with Crippen molar-refractivity contribution in [1.82, 2.24) is 20.2 Å². The third kappa shape index (κ3) is 5.25. The Morgan fingerprint density at radius 1 is 1.24 bits per heavy atom. The standard InChI is InChI=1S/C21H24N4O4/c1-25-13-12-22-20(25)19(15-7-9-16(28-2)10-8-15)24-18(26)6-3-11-23-21(27)17-5-4-14-29-17/h4-5,7-10,12-14,19H,3,6,11H2,1-2H3,(H,23,27)(H,24,26)/t19-/m0/s1. The van der Waals surface area contributed by atoms with E-state index in [1.807, 2.05) is 42.1 Å². The summed E-state index contributed by atoms with van der Waals surface area (Å²) in [5.74, 6) is 1.31. The van der Waals surface area contributed by atoms with E-state index in [0.717, 1.165) is 17.1 Å². The third-order valence-corrected chi connectivity index (χ3v) is 4.48. The van der Waals surface area contributed by atoms with Crippen LogP contribution in [0.5, 0.6) is 5.75 Å². The number of hydrogen-bond donors (Lipinski definition) is 2. The van der Waals surface area contributed by atoms with Crippen molar-refractivity contribution in [3.63, 3.8) is 0 Å². The van der Waals surface area contributed by atoms with Gasteiger partial charge in [0.25, 0.3) is 5.91 Å². The smallest absolute Gasteiger partial charge is 0.286 e. The maximum absolute atomic E-state index is 12.5. The number of furan rings is 1. The molecule has 2 aromatic heterocycles. The molecule has 0 saturated heterocycles. The predicted octanol–water partition coefficient (Wildman–Crippen LogP) is 2.44. The Morgan fingerprint density at radius 2 is 2.03 bits per heavy atom. The van der Waals surface area contributed by atoms with E-state index >= 15 is 0 Å². The fraction of sp³-hybridized carbons (Fsp3) is 0.286. The summed E-state index contributed by atoms with van der Waals surface area (Å²) in [6.07, 6.45) is 5.76. The van der Waals surface area contributed by atoms with Crippen LogP contribution < -0.4 is 15.4 Å². The molecule has 1 atom stereocenters. The number of amides is 2. The number of methoxy groups -OCH3 is 1. The molecule has 8 nitrogen and oxygen atoms in total. The van der Waals surface area contributed by atoms with Gasteiger partial charge in [0.05, 0.1) is 13.4 Å². The van der Waals surface area contributed by atoms with Crippen LogP contribution >= 0.6 is 0 Å². The second-order valence-corrected chi connectivity index (χ2v) is 6.51. The topological polar surface area (TPSA) is 98.4 Å². The average Bonchev–Trinajstić information content (AvgIpc) is 3.41. The van der Waals surface area contributed by atoms with Crippen molar-refractivity contribution in [3.8, 4) is 5.75 Å². The minimum atomic E-state index is -0.383. The maximum atomic E-state index is 12.5. The number of aryl methyl sites for hydroxylation is 1. The fourth-order valence-corrected chi connectivity index (χ4v) is 2.93. The van der Waals surface area contributed by atoms with Crippen molar-refractivity contribution >= 4 is 11.8 Å². The summed E-state index contributed by atoms with van der Waals surface area (Å²) in [7, 11) is 3.49. The number of imidazole rings is 1. The highest BCUT2D eigenvalue weighted by Gasteiger charge is 2.20. The van der Waals surface area contributed by atoms with Crippen LogP contribution in [0.2, 0.25) is 0 Å². The Balaban J connectivity index is 1.58. The molecular formula is C21H24N4O4. The Morgan fingerprint density at radius 3 is 2.66 bits per heavy atom. The quantitative estimate of drug-likeness (QED) is 0.542.